The van der Waals surface area contributed by atoms with Crippen LogP contribution in [0.25, 0.3) is 0 Å². The van der Waals surface area contributed by atoms with Crippen molar-refractivity contribution in [3.8, 4) is 0 Å². The van der Waals surface area contributed by atoms with Crippen LogP contribution in [0.2, 0.25) is 0 Å². The Bertz CT molecular complexity index is 748. The smallest absolute Gasteiger partial charge is 0.293 e. The number of nitro groups is 1. The van der Waals surface area contributed by atoms with Gasteiger partial charge in [-0.25, -0.2) is 0 Å². The molecule has 0 spiro atoms. The predicted octanol–water partition coefficient (Wildman–Crippen LogP) is 4.50. The average Bonchev–Trinajstić information content (AvgIpc) is 2.61. The molecule has 132 valence electrons. The number of benzene rings is 2. The third-order valence-electron chi connectivity index (χ3n) is 3.67. The Kier molecular flexibility index (Phi) is 6.94. The molecule has 2 aromatic carbocycles. The van der Waals surface area contributed by atoms with Crippen molar-refractivity contribution in [2.75, 3.05) is 11.9 Å². The summed E-state index contributed by atoms with van der Waals surface area (Å²) >= 11 is 3.23. The van der Waals surface area contributed by atoms with E-state index in [4.69, 9.17) is 0 Å². The number of unbranched alkanes of at least 4 members (excludes halogenated alkanes) is 1. The zero-order valence-corrected chi connectivity index (χ0v) is 15.5. The second kappa shape index (κ2) is 9.17. The number of anilines is 1. The maximum absolute atomic E-state index is 12.0. The number of carbonyl (C=O) groups is 1. The van der Waals surface area contributed by atoms with Crippen molar-refractivity contribution in [3.05, 3.63) is 68.2 Å². The molecule has 0 saturated carbocycles. The molecule has 0 bridgehead atoms. The van der Waals surface area contributed by atoms with Crippen LogP contribution in [0.15, 0.2) is 46.9 Å². The maximum Gasteiger partial charge on any atom is 0.293 e. The van der Waals surface area contributed by atoms with Crippen LogP contribution < -0.4 is 10.6 Å². The van der Waals surface area contributed by atoms with Gasteiger partial charge in [-0.2, -0.15) is 0 Å². The van der Waals surface area contributed by atoms with Gasteiger partial charge in [0.25, 0.3) is 11.6 Å². The SMILES string of the molecule is CCCCNC(=O)c1ccc(CNc2ccc(Br)cc2[N+](=O)[O-])cc1. The molecule has 2 rings (SSSR count). The molecule has 0 aliphatic carbocycles. The van der Waals surface area contributed by atoms with Crippen LogP contribution in [-0.4, -0.2) is 17.4 Å². The molecule has 0 aromatic heterocycles. The van der Waals surface area contributed by atoms with Gasteiger partial charge in [0.15, 0.2) is 0 Å². The van der Waals surface area contributed by atoms with E-state index in [1.54, 1.807) is 24.3 Å². The Morgan fingerprint density at radius 1 is 1.20 bits per heavy atom. The van der Waals surface area contributed by atoms with Gasteiger partial charge in [0.1, 0.15) is 5.69 Å². The minimum atomic E-state index is -0.420. The van der Waals surface area contributed by atoms with Crippen molar-refractivity contribution in [1.29, 1.82) is 0 Å². The normalized spacial score (nSPS) is 10.3. The second-order valence-electron chi connectivity index (χ2n) is 5.58. The summed E-state index contributed by atoms with van der Waals surface area (Å²) in [5.41, 5.74) is 2.01. The number of hydrogen-bond donors (Lipinski definition) is 2. The Labute approximate surface area is 154 Å². The molecule has 6 nitrogen and oxygen atoms in total. The molecular weight excluding hydrogens is 386 g/mol. The zero-order valence-electron chi connectivity index (χ0n) is 13.9. The van der Waals surface area contributed by atoms with Crippen LogP contribution in [0, 0.1) is 10.1 Å². The van der Waals surface area contributed by atoms with Crippen molar-refractivity contribution in [3.63, 3.8) is 0 Å². The number of hydrogen-bond acceptors (Lipinski definition) is 4. The van der Waals surface area contributed by atoms with E-state index >= 15 is 0 Å². The molecule has 1 amide bonds. The molecule has 0 atom stereocenters. The van der Waals surface area contributed by atoms with Crippen molar-refractivity contribution >= 4 is 33.2 Å². The molecule has 2 aromatic rings. The Balaban J connectivity index is 1.98. The molecule has 0 fully saturated rings. The highest BCUT2D eigenvalue weighted by molar-refractivity contribution is 9.10. The second-order valence-corrected chi connectivity index (χ2v) is 6.49. The quantitative estimate of drug-likeness (QED) is 0.384. The fourth-order valence-electron chi connectivity index (χ4n) is 2.26. The summed E-state index contributed by atoms with van der Waals surface area (Å²) in [6.45, 7) is 3.18. The highest BCUT2D eigenvalue weighted by Crippen LogP contribution is 2.28. The fraction of sp³-hybridized carbons (Fsp3) is 0.278. The first-order chi connectivity index (χ1) is 12.0. The summed E-state index contributed by atoms with van der Waals surface area (Å²) in [6.07, 6.45) is 1.99. The Morgan fingerprint density at radius 2 is 1.92 bits per heavy atom. The highest BCUT2D eigenvalue weighted by Gasteiger charge is 2.13. The van der Waals surface area contributed by atoms with Crippen molar-refractivity contribution in [2.24, 2.45) is 0 Å². The zero-order chi connectivity index (χ0) is 18.2. The van der Waals surface area contributed by atoms with Gasteiger partial charge in [-0.05, 0) is 36.2 Å². The van der Waals surface area contributed by atoms with E-state index < -0.39 is 4.92 Å². The standard InChI is InChI=1S/C18H20BrN3O3/c1-2-3-10-20-18(23)14-6-4-13(5-7-14)12-21-16-9-8-15(19)11-17(16)22(24)25/h4-9,11,21H,2-3,10,12H2,1H3,(H,20,23). The van der Waals surface area contributed by atoms with Crippen molar-refractivity contribution in [2.45, 2.75) is 26.3 Å². The van der Waals surface area contributed by atoms with Gasteiger partial charge in [0, 0.05) is 29.2 Å². The number of nitro benzene ring substituents is 1. The summed E-state index contributed by atoms with van der Waals surface area (Å²) in [4.78, 5) is 22.6. The summed E-state index contributed by atoms with van der Waals surface area (Å²) < 4.78 is 0.656. The van der Waals surface area contributed by atoms with Crippen LogP contribution in [-0.2, 0) is 6.54 Å². The summed E-state index contributed by atoms with van der Waals surface area (Å²) in [5.74, 6) is -0.0866. The predicted molar refractivity (Wildman–Crippen MR) is 102 cm³/mol. The van der Waals surface area contributed by atoms with Crippen LogP contribution in [0.3, 0.4) is 0 Å². The molecule has 0 aliphatic rings. The van der Waals surface area contributed by atoms with Gasteiger partial charge in [-0.3, -0.25) is 14.9 Å². The van der Waals surface area contributed by atoms with E-state index in [1.165, 1.54) is 6.07 Å². The third-order valence-corrected chi connectivity index (χ3v) is 4.16. The largest absolute Gasteiger partial charge is 0.375 e. The molecular formula is C18H20BrN3O3. The highest BCUT2D eigenvalue weighted by atomic mass is 79.9. The van der Waals surface area contributed by atoms with E-state index in [0.717, 1.165) is 18.4 Å². The van der Waals surface area contributed by atoms with Gasteiger partial charge < -0.3 is 10.6 Å². The van der Waals surface area contributed by atoms with Crippen molar-refractivity contribution in [1.82, 2.24) is 5.32 Å². The summed E-state index contributed by atoms with van der Waals surface area (Å²) in [6, 6.07) is 12.1. The minimum absolute atomic E-state index is 0.0151. The number of rotatable bonds is 8. The maximum atomic E-state index is 12.0. The topological polar surface area (TPSA) is 84.3 Å². The molecule has 7 heteroatoms. The van der Waals surface area contributed by atoms with E-state index in [-0.39, 0.29) is 11.6 Å². The van der Waals surface area contributed by atoms with E-state index in [9.17, 15) is 14.9 Å². The number of carbonyl (C=O) groups excluding carboxylic acids is 1. The Morgan fingerprint density at radius 3 is 2.56 bits per heavy atom. The lowest BCUT2D eigenvalue weighted by Gasteiger charge is -2.09. The first-order valence-electron chi connectivity index (χ1n) is 8.06. The van der Waals surface area contributed by atoms with E-state index in [2.05, 4.69) is 33.5 Å². The minimum Gasteiger partial charge on any atom is -0.375 e. The lowest BCUT2D eigenvalue weighted by Crippen LogP contribution is -2.24. The van der Waals surface area contributed by atoms with E-state index in [0.29, 0.717) is 28.8 Å². The molecule has 0 heterocycles. The third kappa shape index (κ3) is 5.56. The number of nitrogens with zero attached hydrogens (tertiary/aromatic N) is 1. The van der Waals surface area contributed by atoms with Crippen LogP contribution in [0.4, 0.5) is 11.4 Å². The first kappa shape index (κ1) is 18.9. The van der Waals surface area contributed by atoms with Crippen LogP contribution >= 0.6 is 15.9 Å². The molecule has 0 saturated heterocycles. The number of nitrogens with one attached hydrogen (secondary N) is 2. The lowest BCUT2D eigenvalue weighted by molar-refractivity contribution is -0.384. The number of halogens is 1. The fourth-order valence-corrected chi connectivity index (χ4v) is 2.61. The van der Waals surface area contributed by atoms with Gasteiger partial charge in [-0.1, -0.05) is 41.4 Å². The van der Waals surface area contributed by atoms with Crippen LogP contribution in [0.1, 0.15) is 35.7 Å². The summed E-state index contributed by atoms with van der Waals surface area (Å²) in [7, 11) is 0. The van der Waals surface area contributed by atoms with E-state index in [1.807, 2.05) is 12.1 Å². The monoisotopic (exact) mass is 405 g/mol. The van der Waals surface area contributed by atoms with Gasteiger partial charge in [0.2, 0.25) is 0 Å². The van der Waals surface area contributed by atoms with Gasteiger partial charge in [-0.15, -0.1) is 0 Å². The molecule has 0 aliphatic heterocycles. The van der Waals surface area contributed by atoms with Crippen LogP contribution in [0.5, 0.6) is 0 Å². The molecule has 25 heavy (non-hydrogen) atoms. The molecule has 2 N–H and O–H groups in total. The van der Waals surface area contributed by atoms with Gasteiger partial charge >= 0.3 is 0 Å². The molecule has 0 radical (unpaired) electrons. The average molecular weight is 406 g/mol. The summed E-state index contributed by atoms with van der Waals surface area (Å²) in [5, 5.41) is 17.0. The van der Waals surface area contributed by atoms with Crippen molar-refractivity contribution < 1.29 is 9.72 Å². The lowest BCUT2D eigenvalue weighted by atomic mass is 10.1. The Hall–Kier alpha value is -2.41. The molecule has 0 unspecified atom stereocenters. The first-order valence-corrected chi connectivity index (χ1v) is 8.85. The van der Waals surface area contributed by atoms with Gasteiger partial charge in [0.05, 0.1) is 4.92 Å². The number of amides is 1.